The van der Waals surface area contributed by atoms with Crippen LogP contribution in [0, 0.1) is 46.3 Å². The molecule has 4 saturated carbocycles. The SMILES string of the molecule is CC(=O)OCCO[C@H]1CC[C@@]2(C)[C@H](CCC3[C@@H]2CC[C@]2(C)[C@@H]([C@H](C)CCC(=O)O)CC[C@@H]32)C1. The molecule has 0 spiro atoms. The molecular formula is C28H46O5. The zero-order chi connectivity index (χ0) is 23.8. The van der Waals surface area contributed by atoms with Crippen LogP contribution < -0.4 is 0 Å². The van der Waals surface area contributed by atoms with Gasteiger partial charge in [0.05, 0.1) is 12.7 Å². The Morgan fingerprint density at radius 1 is 0.970 bits per heavy atom. The molecule has 4 rings (SSSR count). The molecule has 0 saturated heterocycles. The quantitative estimate of drug-likeness (QED) is 0.349. The number of fused-ring (bicyclic) bond motifs is 5. The van der Waals surface area contributed by atoms with Crippen LogP contribution in [0.15, 0.2) is 0 Å². The predicted octanol–water partition coefficient (Wildman–Crippen LogP) is 6.09. The van der Waals surface area contributed by atoms with Gasteiger partial charge in [-0.1, -0.05) is 20.8 Å². The lowest BCUT2D eigenvalue weighted by atomic mass is 9.44. The second kappa shape index (κ2) is 9.87. The Morgan fingerprint density at radius 2 is 1.70 bits per heavy atom. The normalized spacial score (nSPS) is 43.2. The summed E-state index contributed by atoms with van der Waals surface area (Å²) in [7, 11) is 0. The molecule has 1 unspecified atom stereocenters. The molecule has 5 nitrogen and oxygen atoms in total. The van der Waals surface area contributed by atoms with Crippen molar-refractivity contribution in [1.29, 1.82) is 0 Å². The van der Waals surface area contributed by atoms with E-state index in [0.717, 1.165) is 42.9 Å². The van der Waals surface area contributed by atoms with E-state index in [1.807, 2.05) is 0 Å². The molecule has 0 amide bonds. The second-order valence-corrected chi connectivity index (χ2v) is 12.4. The minimum Gasteiger partial charge on any atom is -0.481 e. The zero-order valence-electron chi connectivity index (χ0n) is 21.3. The van der Waals surface area contributed by atoms with Crippen molar-refractivity contribution in [3.8, 4) is 0 Å². The van der Waals surface area contributed by atoms with E-state index in [0.29, 0.717) is 48.4 Å². The molecule has 188 valence electrons. The molecule has 0 radical (unpaired) electrons. The highest BCUT2D eigenvalue weighted by atomic mass is 16.6. The fourth-order valence-corrected chi connectivity index (χ4v) is 9.30. The lowest BCUT2D eigenvalue weighted by Gasteiger charge is -2.61. The number of ether oxygens (including phenoxy) is 2. The maximum atomic E-state index is 11.1. The van der Waals surface area contributed by atoms with Gasteiger partial charge in [0.2, 0.25) is 0 Å². The van der Waals surface area contributed by atoms with Gasteiger partial charge in [-0.3, -0.25) is 9.59 Å². The largest absolute Gasteiger partial charge is 0.481 e. The van der Waals surface area contributed by atoms with Crippen molar-refractivity contribution in [2.24, 2.45) is 46.3 Å². The van der Waals surface area contributed by atoms with Crippen LogP contribution >= 0.6 is 0 Å². The van der Waals surface area contributed by atoms with Crippen LogP contribution in [-0.4, -0.2) is 36.4 Å². The van der Waals surface area contributed by atoms with Gasteiger partial charge in [-0.25, -0.2) is 0 Å². The Bertz CT molecular complexity index is 721. The minimum absolute atomic E-state index is 0.233. The van der Waals surface area contributed by atoms with Crippen LogP contribution in [0.3, 0.4) is 0 Å². The van der Waals surface area contributed by atoms with Crippen LogP contribution in [0.1, 0.15) is 98.3 Å². The Labute approximate surface area is 200 Å². The highest BCUT2D eigenvalue weighted by molar-refractivity contribution is 5.66. The van der Waals surface area contributed by atoms with Gasteiger partial charge in [0.15, 0.2) is 0 Å². The number of rotatable bonds is 8. The molecule has 0 aliphatic heterocycles. The highest BCUT2D eigenvalue weighted by Gasteiger charge is 2.60. The monoisotopic (exact) mass is 462 g/mol. The smallest absolute Gasteiger partial charge is 0.303 e. The summed E-state index contributed by atoms with van der Waals surface area (Å²) in [5.41, 5.74) is 0.840. The first-order chi connectivity index (χ1) is 15.6. The first-order valence-electron chi connectivity index (χ1n) is 13.6. The molecule has 33 heavy (non-hydrogen) atoms. The van der Waals surface area contributed by atoms with Crippen LogP contribution in [0.25, 0.3) is 0 Å². The van der Waals surface area contributed by atoms with Crippen molar-refractivity contribution in [2.45, 2.75) is 104 Å². The number of hydrogen-bond acceptors (Lipinski definition) is 4. The number of carboxylic acids is 1. The molecule has 4 fully saturated rings. The molecule has 4 aliphatic rings. The van der Waals surface area contributed by atoms with Gasteiger partial charge in [-0.15, -0.1) is 0 Å². The lowest BCUT2D eigenvalue weighted by Crippen LogP contribution is -2.54. The fourth-order valence-electron chi connectivity index (χ4n) is 9.30. The summed E-state index contributed by atoms with van der Waals surface area (Å²) in [4.78, 5) is 22.1. The zero-order valence-corrected chi connectivity index (χ0v) is 21.3. The van der Waals surface area contributed by atoms with E-state index >= 15 is 0 Å². The number of carbonyl (C=O) groups is 2. The van der Waals surface area contributed by atoms with E-state index in [4.69, 9.17) is 14.6 Å². The molecule has 5 heteroatoms. The minimum atomic E-state index is -0.650. The van der Waals surface area contributed by atoms with Gasteiger partial charge < -0.3 is 14.6 Å². The molecule has 4 aliphatic carbocycles. The molecule has 0 aromatic rings. The van der Waals surface area contributed by atoms with E-state index in [9.17, 15) is 9.59 Å². The molecule has 0 heterocycles. The van der Waals surface area contributed by atoms with Gasteiger partial charge in [0.25, 0.3) is 0 Å². The van der Waals surface area contributed by atoms with Crippen LogP contribution in [-0.2, 0) is 19.1 Å². The third-order valence-corrected chi connectivity index (χ3v) is 10.9. The van der Waals surface area contributed by atoms with Crippen molar-refractivity contribution in [1.82, 2.24) is 0 Å². The Morgan fingerprint density at radius 3 is 2.42 bits per heavy atom. The van der Waals surface area contributed by atoms with Gasteiger partial charge in [0, 0.05) is 13.3 Å². The molecule has 1 N–H and O–H groups in total. The van der Waals surface area contributed by atoms with Crippen molar-refractivity contribution in [3.63, 3.8) is 0 Å². The molecular weight excluding hydrogens is 416 g/mol. The van der Waals surface area contributed by atoms with Crippen LogP contribution in [0.5, 0.6) is 0 Å². The van der Waals surface area contributed by atoms with Gasteiger partial charge in [-0.05, 0) is 111 Å². The van der Waals surface area contributed by atoms with E-state index in [1.165, 1.54) is 51.9 Å². The van der Waals surface area contributed by atoms with Crippen LogP contribution in [0.4, 0.5) is 0 Å². The molecule has 0 bridgehead atoms. The van der Waals surface area contributed by atoms with Gasteiger partial charge in [-0.2, -0.15) is 0 Å². The number of carboxylic acid groups (broad SMARTS) is 1. The van der Waals surface area contributed by atoms with Crippen LogP contribution in [0.2, 0.25) is 0 Å². The third kappa shape index (κ3) is 4.86. The number of hydrogen-bond donors (Lipinski definition) is 1. The average molecular weight is 463 g/mol. The summed E-state index contributed by atoms with van der Waals surface area (Å²) in [6.45, 7) is 9.79. The first kappa shape index (κ1) is 25.0. The van der Waals surface area contributed by atoms with Gasteiger partial charge in [0.1, 0.15) is 6.61 Å². The van der Waals surface area contributed by atoms with Crippen molar-refractivity contribution in [3.05, 3.63) is 0 Å². The number of aliphatic carboxylic acids is 1. The number of esters is 1. The van der Waals surface area contributed by atoms with E-state index in [1.54, 1.807) is 0 Å². The van der Waals surface area contributed by atoms with E-state index in [2.05, 4.69) is 20.8 Å². The number of carbonyl (C=O) groups excluding carboxylic acids is 1. The van der Waals surface area contributed by atoms with Crippen molar-refractivity contribution < 1.29 is 24.2 Å². The molecule has 0 aromatic carbocycles. The predicted molar refractivity (Wildman–Crippen MR) is 128 cm³/mol. The van der Waals surface area contributed by atoms with E-state index in [-0.39, 0.29) is 5.97 Å². The Hall–Kier alpha value is -1.10. The summed E-state index contributed by atoms with van der Waals surface area (Å²) in [6, 6.07) is 0. The Balaban J connectivity index is 1.37. The summed E-state index contributed by atoms with van der Waals surface area (Å²) in [5.74, 6) is 3.58. The third-order valence-electron chi connectivity index (χ3n) is 10.9. The highest BCUT2D eigenvalue weighted by Crippen LogP contribution is 2.68. The summed E-state index contributed by atoms with van der Waals surface area (Å²) in [5, 5.41) is 9.17. The summed E-state index contributed by atoms with van der Waals surface area (Å²) in [6.07, 6.45) is 13.0. The fraction of sp³-hybridized carbons (Fsp3) is 0.929. The maximum absolute atomic E-state index is 11.1. The topological polar surface area (TPSA) is 72.8 Å². The van der Waals surface area contributed by atoms with Crippen molar-refractivity contribution in [2.75, 3.05) is 13.2 Å². The lowest BCUT2D eigenvalue weighted by molar-refractivity contribution is -0.148. The first-order valence-corrected chi connectivity index (χ1v) is 13.6. The van der Waals surface area contributed by atoms with Crippen molar-refractivity contribution >= 4 is 11.9 Å². The van der Waals surface area contributed by atoms with Gasteiger partial charge >= 0.3 is 11.9 Å². The second-order valence-electron chi connectivity index (χ2n) is 12.4. The molecule has 9 atom stereocenters. The standard InChI is InChI=1S/C28H46O5/c1-18(5-10-26(30)31)23-8-9-24-22-7-6-20-17-21(33-16-15-32-19(2)29)11-13-27(20,3)25(22)12-14-28(23,24)4/h18,20-25H,5-17H2,1-4H3,(H,30,31)/t18-,20-,21+,22?,23-,24+,25+,27+,28-/m1/s1. The molecule has 0 aromatic heterocycles. The Kier molecular flexibility index (Phi) is 7.48. The summed E-state index contributed by atoms with van der Waals surface area (Å²) < 4.78 is 11.1. The maximum Gasteiger partial charge on any atom is 0.303 e. The summed E-state index contributed by atoms with van der Waals surface area (Å²) >= 11 is 0. The van der Waals surface area contributed by atoms with E-state index < -0.39 is 5.97 Å². The average Bonchev–Trinajstić information content (AvgIpc) is 3.12.